The van der Waals surface area contributed by atoms with Gasteiger partial charge in [-0.3, -0.25) is 9.59 Å². The maximum atomic E-state index is 13.0. The molecule has 39 heavy (non-hydrogen) atoms. The number of benzene rings is 3. The van der Waals surface area contributed by atoms with Crippen LogP contribution in [0.2, 0.25) is 0 Å². The van der Waals surface area contributed by atoms with E-state index in [-0.39, 0.29) is 24.0 Å². The van der Waals surface area contributed by atoms with Crippen molar-refractivity contribution in [3.05, 3.63) is 83.4 Å². The number of hydrogen-bond acceptors (Lipinski definition) is 6. The number of fused-ring (bicyclic) bond motifs is 1. The average molecular weight is 571 g/mol. The highest BCUT2D eigenvalue weighted by molar-refractivity contribution is 8.01. The first kappa shape index (κ1) is 27.0. The molecule has 1 saturated heterocycles. The Bertz CT molecular complexity index is 1480. The van der Waals surface area contributed by atoms with Gasteiger partial charge in [0.1, 0.15) is 0 Å². The van der Waals surface area contributed by atoms with E-state index in [1.54, 1.807) is 11.0 Å². The van der Waals surface area contributed by atoms with Gasteiger partial charge in [-0.15, -0.1) is 11.3 Å². The van der Waals surface area contributed by atoms with Crippen molar-refractivity contribution in [2.24, 2.45) is 0 Å². The molecule has 0 bridgehead atoms. The zero-order valence-corrected chi connectivity index (χ0v) is 22.4. The second-order valence-corrected chi connectivity index (χ2v) is 11.1. The predicted octanol–water partition coefficient (Wildman–Crippen LogP) is 5.94. The smallest absolute Gasteiger partial charge is 0.368 e. The van der Waals surface area contributed by atoms with Crippen LogP contribution in [0.5, 0.6) is 0 Å². The van der Waals surface area contributed by atoms with Gasteiger partial charge in [0, 0.05) is 48.3 Å². The molecule has 202 valence electrons. The molecule has 1 fully saturated rings. The Hall–Kier alpha value is -3.57. The highest BCUT2D eigenvalue weighted by Gasteiger charge is 2.31. The molecule has 0 atom stereocenters. The lowest BCUT2D eigenvalue weighted by atomic mass is 10.1. The van der Waals surface area contributed by atoms with Crippen LogP contribution in [0, 0.1) is 0 Å². The number of carbonyl (C=O) groups excluding carboxylic acids is 2. The van der Waals surface area contributed by atoms with Gasteiger partial charge in [0.05, 0.1) is 23.4 Å². The van der Waals surface area contributed by atoms with E-state index in [1.807, 2.05) is 52.7 Å². The number of anilines is 2. The van der Waals surface area contributed by atoms with E-state index >= 15 is 0 Å². The fourth-order valence-corrected chi connectivity index (χ4v) is 6.09. The molecule has 2 amide bonds. The van der Waals surface area contributed by atoms with Gasteiger partial charge >= 0.3 is 6.18 Å². The largest absolute Gasteiger partial charge is 0.416 e. The number of alkyl halides is 3. The highest BCUT2D eigenvalue weighted by atomic mass is 32.2. The first-order chi connectivity index (χ1) is 18.8. The summed E-state index contributed by atoms with van der Waals surface area (Å²) in [5.74, 6) is -0.0150. The average Bonchev–Trinajstić information content (AvgIpc) is 3.39. The maximum absolute atomic E-state index is 13.0. The van der Waals surface area contributed by atoms with E-state index in [2.05, 4.69) is 10.3 Å². The molecule has 1 aromatic heterocycles. The van der Waals surface area contributed by atoms with Gasteiger partial charge in [0.25, 0.3) is 0 Å². The number of thiazole rings is 1. The SMILES string of the molecule is O=C(CSc1nc(CC(=O)N2CCN(c3cccc(C(F)(F)F)c3)CC2)cs1)Nc1cccc2ccccc12. The van der Waals surface area contributed by atoms with Gasteiger partial charge in [-0.1, -0.05) is 54.2 Å². The highest BCUT2D eigenvalue weighted by Crippen LogP contribution is 2.32. The number of halogens is 3. The van der Waals surface area contributed by atoms with Crippen molar-refractivity contribution < 1.29 is 22.8 Å². The van der Waals surface area contributed by atoms with Gasteiger partial charge in [0.2, 0.25) is 11.8 Å². The molecule has 5 rings (SSSR count). The first-order valence-electron chi connectivity index (χ1n) is 12.3. The molecule has 11 heteroatoms. The predicted molar refractivity (Wildman–Crippen MR) is 149 cm³/mol. The van der Waals surface area contributed by atoms with Gasteiger partial charge in [-0.05, 0) is 29.7 Å². The lowest BCUT2D eigenvalue weighted by molar-refractivity contribution is -0.137. The Morgan fingerprint density at radius 2 is 1.72 bits per heavy atom. The third kappa shape index (κ3) is 6.72. The third-order valence-electron chi connectivity index (χ3n) is 6.42. The molecule has 0 saturated carbocycles. The lowest BCUT2D eigenvalue weighted by Gasteiger charge is -2.36. The summed E-state index contributed by atoms with van der Waals surface area (Å²) in [6, 6.07) is 18.9. The molecule has 4 aromatic rings. The molecule has 6 nitrogen and oxygen atoms in total. The summed E-state index contributed by atoms with van der Waals surface area (Å²) in [6.45, 7) is 1.76. The minimum Gasteiger partial charge on any atom is -0.368 e. The monoisotopic (exact) mass is 570 g/mol. The Morgan fingerprint density at radius 3 is 2.51 bits per heavy atom. The number of nitrogens with zero attached hydrogens (tertiary/aromatic N) is 3. The second-order valence-electron chi connectivity index (χ2n) is 9.06. The van der Waals surface area contributed by atoms with Crippen LogP contribution in [-0.2, 0) is 22.2 Å². The fraction of sp³-hybridized carbons (Fsp3) is 0.250. The fourth-order valence-electron chi connectivity index (χ4n) is 4.44. The zero-order valence-electron chi connectivity index (χ0n) is 20.8. The number of amides is 2. The van der Waals surface area contributed by atoms with E-state index in [9.17, 15) is 22.8 Å². The summed E-state index contributed by atoms with van der Waals surface area (Å²) in [7, 11) is 0. The number of hydrogen-bond donors (Lipinski definition) is 1. The van der Waals surface area contributed by atoms with E-state index in [0.29, 0.717) is 41.9 Å². The van der Waals surface area contributed by atoms with E-state index in [0.717, 1.165) is 28.6 Å². The van der Waals surface area contributed by atoms with Crippen LogP contribution in [0.25, 0.3) is 10.8 Å². The van der Waals surface area contributed by atoms with Crippen LogP contribution in [0.15, 0.2) is 76.4 Å². The summed E-state index contributed by atoms with van der Waals surface area (Å²) in [4.78, 5) is 33.5. The number of nitrogens with one attached hydrogen (secondary N) is 1. The molecule has 1 aliphatic heterocycles. The Labute approximate surface area is 231 Å². The van der Waals surface area contributed by atoms with Crippen LogP contribution >= 0.6 is 23.1 Å². The molecule has 1 N–H and O–H groups in total. The number of carbonyl (C=O) groups is 2. The molecule has 0 aliphatic carbocycles. The Kier molecular flexibility index (Phi) is 8.08. The summed E-state index contributed by atoms with van der Waals surface area (Å²) in [5, 5.41) is 6.81. The maximum Gasteiger partial charge on any atom is 0.416 e. The molecule has 2 heterocycles. The van der Waals surface area contributed by atoms with Crippen LogP contribution in [0.3, 0.4) is 0 Å². The van der Waals surface area contributed by atoms with Crippen LogP contribution < -0.4 is 10.2 Å². The second kappa shape index (κ2) is 11.7. The standard InChI is InChI=1S/C28H25F3N4O2S2/c29-28(30,31)20-7-4-8-22(15-20)34-11-13-35(14-12-34)26(37)16-21-17-38-27(32-21)39-18-25(36)33-24-10-3-6-19-5-1-2-9-23(19)24/h1-10,15,17H,11-14,16,18H2,(H,33,36). The van der Waals surface area contributed by atoms with Crippen molar-refractivity contribution in [1.82, 2.24) is 9.88 Å². The van der Waals surface area contributed by atoms with Crippen molar-refractivity contribution in [3.8, 4) is 0 Å². The normalized spacial score (nSPS) is 14.0. The van der Waals surface area contributed by atoms with Crippen molar-refractivity contribution in [1.29, 1.82) is 0 Å². The van der Waals surface area contributed by atoms with E-state index in [1.165, 1.54) is 29.2 Å². The Balaban J connectivity index is 1.09. The third-order valence-corrected chi connectivity index (χ3v) is 8.49. The topological polar surface area (TPSA) is 65.5 Å². The number of aromatic nitrogens is 1. The van der Waals surface area contributed by atoms with Crippen LogP contribution in [-0.4, -0.2) is 53.6 Å². The van der Waals surface area contributed by atoms with Gasteiger partial charge in [0.15, 0.2) is 4.34 Å². The van der Waals surface area contributed by atoms with Gasteiger partial charge < -0.3 is 15.1 Å². The number of piperazine rings is 1. The summed E-state index contributed by atoms with van der Waals surface area (Å²) >= 11 is 2.71. The molecular weight excluding hydrogens is 545 g/mol. The minimum atomic E-state index is -4.39. The van der Waals surface area contributed by atoms with Gasteiger partial charge in [-0.25, -0.2) is 4.98 Å². The molecule has 0 unspecified atom stereocenters. The van der Waals surface area contributed by atoms with Crippen molar-refractivity contribution in [2.45, 2.75) is 16.9 Å². The number of rotatable bonds is 7. The molecule has 1 aliphatic rings. The molecule has 0 radical (unpaired) electrons. The van der Waals surface area contributed by atoms with Crippen molar-refractivity contribution in [2.75, 3.05) is 42.1 Å². The zero-order chi connectivity index (χ0) is 27.4. The van der Waals surface area contributed by atoms with Gasteiger partial charge in [-0.2, -0.15) is 13.2 Å². The van der Waals surface area contributed by atoms with Crippen LogP contribution in [0.4, 0.5) is 24.5 Å². The molecular formula is C28H25F3N4O2S2. The quantitative estimate of drug-likeness (QED) is 0.279. The molecule has 0 spiro atoms. The lowest BCUT2D eigenvalue weighted by Crippen LogP contribution is -2.49. The summed E-state index contributed by atoms with van der Waals surface area (Å²) in [6.07, 6.45) is -4.25. The molecule has 3 aromatic carbocycles. The first-order valence-corrected chi connectivity index (χ1v) is 14.2. The van der Waals surface area contributed by atoms with E-state index in [4.69, 9.17) is 0 Å². The summed E-state index contributed by atoms with van der Waals surface area (Å²) < 4.78 is 39.8. The minimum absolute atomic E-state index is 0.0748. The Morgan fingerprint density at radius 1 is 0.974 bits per heavy atom. The van der Waals surface area contributed by atoms with Crippen molar-refractivity contribution >= 4 is 57.1 Å². The summed E-state index contributed by atoms with van der Waals surface area (Å²) in [5.41, 5.74) is 1.23. The van der Waals surface area contributed by atoms with Crippen LogP contribution in [0.1, 0.15) is 11.3 Å². The van der Waals surface area contributed by atoms with E-state index < -0.39 is 11.7 Å². The number of thioether (sulfide) groups is 1. The van der Waals surface area contributed by atoms with Crippen molar-refractivity contribution in [3.63, 3.8) is 0 Å².